The second kappa shape index (κ2) is 10.0. The maximum atomic E-state index is 13.9. The molecule has 0 saturated carbocycles. The highest BCUT2D eigenvalue weighted by atomic mass is 19.1. The highest BCUT2D eigenvalue weighted by molar-refractivity contribution is 6.03. The topological polar surface area (TPSA) is 102 Å². The predicted molar refractivity (Wildman–Crippen MR) is 108 cm³/mol. The van der Waals surface area contributed by atoms with E-state index in [-0.39, 0.29) is 35.1 Å². The van der Waals surface area contributed by atoms with Crippen LogP contribution in [-0.4, -0.2) is 34.3 Å². The zero-order chi connectivity index (χ0) is 22.4. The van der Waals surface area contributed by atoms with Crippen molar-refractivity contribution in [2.24, 2.45) is 0 Å². The van der Waals surface area contributed by atoms with Crippen LogP contribution >= 0.6 is 0 Å². The molecule has 1 heterocycles. The van der Waals surface area contributed by atoms with Crippen molar-refractivity contribution in [1.82, 2.24) is 4.57 Å². The molecule has 7 nitrogen and oxygen atoms in total. The summed E-state index contributed by atoms with van der Waals surface area (Å²) in [6.07, 6.45) is -0.751. The lowest BCUT2D eigenvalue weighted by Crippen LogP contribution is -2.31. The van der Waals surface area contributed by atoms with Crippen LogP contribution in [0.15, 0.2) is 29.1 Å². The smallest absolute Gasteiger partial charge is 0.271 e. The minimum Gasteiger partial charge on any atom is -0.494 e. The van der Waals surface area contributed by atoms with Gasteiger partial charge in [-0.2, -0.15) is 5.26 Å². The summed E-state index contributed by atoms with van der Waals surface area (Å²) in [4.78, 5) is 25.6. The van der Waals surface area contributed by atoms with Gasteiger partial charge in [-0.1, -0.05) is 12.1 Å². The molecule has 1 aromatic heterocycles. The number of nitriles is 1. The number of Topliss-reactive ketones (excluding diaryl/α,β-unsaturated/α-hetero) is 1. The van der Waals surface area contributed by atoms with Crippen LogP contribution in [0, 0.1) is 24.1 Å². The number of benzene rings is 1. The summed E-state index contributed by atoms with van der Waals surface area (Å²) < 4.78 is 25.7. The van der Waals surface area contributed by atoms with E-state index in [4.69, 9.17) is 9.47 Å². The number of ketones is 1. The molecule has 2 rings (SSSR count). The van der Waals surface area contributed by atoms with Crippen LogP contribution in [0.2, 0.25) is 0 Å². The number of halogens is 1. The maximum Gasteiger partial charge on any atom is 0.271 e. The Labute approximate surface area is 174 Å². The number of aromatic nitrogens is 1. The van der Waals surface area contributed by atoms with Gasteiger partial charge in [0.1, 0.15) is 11.6 Å². The van der Waals surface area contributed by atoms with E-state index < -0.39 is 29.1 Å². The van der Waals surface area contributed by atoms with Gasteiger partial charge in [-0.25, -0.2) is 4.39 Å². The lowest BCUT2D eigenvalue weighted by atomic mass is 9.99. The van der Waals surface area contributed by atoms with Crippen LogP contribution in [-0.2, 0) is 11.3 Å². The Balaban J connectivity index is 2.39. The second-order valence-corrected chi connectivity index (χ2v) is 7.10. The van der Waals surface area contributed by atoms with E-state index in [0.29, 0.717) is 13.0 Å². The molecule has 0 fully saturated rings. The third-order valence-electron chi connectivity index (χ3n) is 4.53. The molecule has 2 aromatic rings. The van der Waals surface area contributed by atoms with Crippen molar-refractivity contribution in [1.29, 1.82) is 5.26 Å². The van der Waals surface area contributed by atoms with Crippen molar-refractivity contribution in [2.45, 2.75) is 52.9 Å². The Morgan fingerprint density at radius 3 is 2.57 bits per heavy atom. The van der Waals surface area contributed by atoms with Crippen molar-refractivity contribution in [3.8, 4) is 17.7 Å². The highest BCUT2D eigenvalue weighted by Crippen LogP contribution is 2.26. The average Bonchev–Trinajstić information content (AvgIpc) is 2.69. The summed E-state index contributed by atoms with van der Waals surface area (Å²) in [5.41, 5.74) is -1.06. The van der Waals surface area contributed by atoms with Gasteiger partial charge in [0.2, 0.25) is 11.7 Å². The molecule has 0 radical (unpaired) electrons. The molecular formula is C22H25FN2O5. The van der Waals surface area contributed by atoms with Gasteiger partial charge in [-0.15, -0.1) is 0 Å². The van der Waals surface area contributed by atoms with Gasteiger partial charge in [0.25, 0.3) is 5.56 Å². The Hall–Kier alpha value is -3.18. The van der Waals surface area contributed by atoms with Crippen LogP contribution in [0.25, 0.3) is 0 Å². The molecule has 0 amide bonds. The Morgan fingerprint density at radius 2 is 1.97 bits per heavy atom. The third kappa shape index (κ3) is 5.05. The number of nitrogens with zero attached hydrogens (tertiary/aromatic N) is 2. The number of para-hydroxylation sites is 1. The van der Waals surface area contributed by atoms with Gasteiger partial charge in [0.15, 0.2) is 17.7 Å². The number of aromatic hydroxyl groups is 1. The van der Waals surface area contributed by atoms with Crippen molar-refractivity contribution >= 4 is 5.78 Å². The lowest BCUT2D eigenvalue weighted by molar-refractivity contribution is 0.0742. The van der Waals surface area contributed by atoms with Crippen LogP contribution < -0.4 is 10.3 Å². The summed E-state index contributed by atoms with van der Waals surface area (Å²) >= 11 is 0. The largest absolute Gasteiger partial charge is 0.494 e. The Kier molecular flexibility index (Phi) is 7.72. The predicted octanol–water partition coefficient (Wildman–Crippen LogP) is 3.34. The van der Waals surface area contributed by atoms with Crippen LogP contribution in [0.4, 0.5) is 4.39 Å². The summed E-state index contributed by atoms with van der Waals surface area (Å²) in [6, 6.07) is 7.43. The van der Waals surface area contributed by atoms with E-state index in [1.165, 1.54) is 32.0 Å². The fourth-order valence-corrected chi connectivity index (χ4v) is 2.98. The SMILES string of the molecule is Cc1c(C(=O)C(C)Oc2ccccc2F)c(O)n(CCCOC(C)C)c(=O)c1C#N. The summed E-state index contributed by atoms with van der Waals surface area (Å²) in [5.74, 6) is -1.96. The van der Waals surface area contributed by atoms with E-state index in [1.54, 1.807) is 12.1 Å². The number of carbonyl (C=O) groups excluding carboxylic acids is 1. The molecule has 0 spiro atoms. The fourth-order valence-electron chi connectivity index (χ4n) is 2.98. The molecular weight excluding hydrogens is 391 g/mol. The molecule has 1 unspecified atom stereocenters. The number of ether oxygens (including phenoxy) is 2. The number of pyridine rings is 1. The standard InChI is InChI=1S/C22H25FN2O5/c1-13(2)29-11-7-10-25-21(27)16(12-24)14(3)19(22(25)28)20(26)15(4)30-18-9-6-5-8-17(18)23/h5-6,8-9,13,15,28H,7,10-11H2,1-4H3. The van der Waals surface area contributed by atoms with Crippen molar-refractivity contribution in [2.75, 3.05) is 6.61 Å². The molecule has 0 aliphatic rings. The summed E-state index contributed by atoms with van der Waals surface area (Å²) in [7, 11) is 0. The van der Waals surface area contributed by atoms with Gasteiger partial charge in [-0.3, -0.25) is 14.2 Å². The van der Waals surface area contributed by atoms with E-state index in [1.807, 2.05) is 13.8 Å². The molecule has 0 aliphatic heterocycles. The molecule has 0 bridgehead atoms. The molecule has 8 heteroatoms. The quantitative estimate of drug-likeness (QED) is 0.497. The van der Waals surface area contributed by atoms with Gasteiger partial charge in [-0.05, 0) is 51.8 Å². The van der Waals surface area contributed by atoms with Gasteiger partial charge < -0.3 is 14.6 Å². The molecule has 30 heavy (non-hydrogen) atoms. The first kappa shape index (κ1) is 23.1. The first-order chi connectivity index (χ1) is 14.2. The van der Waals surface area contributed by atoms with Crippen LogP contribution in [0.1, 0.15) is 48.7 Å². The van der Waals surface area contributed by atoms with E-state index in [9.17, 15) is 24.3 Å². The molecule has 160 valence electrons. The minimum atomic E-state index is -1.16. The van der Waals surface area contributed by atoms with Gasteiger partial charge >= 0.3 is 0 Å². The van der Waals surface area contributed by atoms with Crippen molar-refractivity contribution in [3.05, 3.63) is 57.1 Å². The molecule has 1 N–H and O–H groups in total. The van der Waals surface area contributed by atoms with Gasteiger partial charge in [0.05, 0.1) is 11.7 Å². The maximum absolute atomic E-state index is 13.9. The van der Waals surface area contributed by atoms with Crippen LogP contribution in [0.5, 0.6) is 11.6 Å². The fraction of sp³-hybridized carbons (Fsp3) is 0.409. The average molecular weight is 416 g/mol. The normalized spacial score (nSPS) is 11.9. The minimum absolute atomic E-state index is 0.0107. The van der Waals surface area contributed by atoms with E-state index in [2.05, 4.69) is 0 Å². The third-order valence-corrected chi connectivity index (χ3v) is 4.53. The zero-order valence-corrected chi connectivity index (χ0v) is 17.4. The van der Waals surface area contributed by atoms with E-state index >= 15 is 0 Å². The zero-order valence-electron chi connectivity index (χ0n) is 17.4. The molecule has 0 saturated heterocycles. The monoisotopic (exact) mass is 416 g/mol. The molecule has 1 atom stereocenters. The van der Waals surface area contributed by atoms with Crippen LogP contribution in [0.3, 0.4) is 0 Å². The number of hydrogen-bond donors (Lipinski definition) is 1. The van der Waals surface area contributed by atoms with E-state index in [0.717, 1.165) is 4.57 Å². The molecule has 1 aromatic carbocycles. The number of hydrogen-bond acceptors (Lipinski definition) is 6. The highest BCUT2D eigenvalue weighted by Gasteiger charge is 2.28. The number of rotatable bonds is 9. The summed E-state index contributed by atoms with van der Waals surface area (Å²) in [6.45, 7) is 6.97. The Morgan fingerprint density at radius 1 is 1.30 bits per heavy atom. The Bertz CT molecular complexity index is 1020. The second-order valence-electron chi connectivity index (χ2n) is 7.10. The van der Waals surface area contributed by atoms with Crippen molar-refractivity contribution in [3.63, 3.8) is 0 Å². The molecule has 0 aliphatic carbocycles. The van der Waals surface area contributed by atoms with Crippen molar-refractivity contribution < 1.29 is 23.8 Å². The lowest BCUT2D eigenvalue weighted by Gasteiger charge is -2.19. The number of carbonyl (C=O) groups is 1. The van der Waals surface area contributed by atoms with Gasteiger partial charge in [0, 0.05) is 13.2 Å². The first-order valence-corrected chi connectivity index (χ1v) is 9.62. The first-order valence-electron chi connectivity index (χ1n) is 9.62. The summed E-state index contributed by atoms with van der Waals surface area (Å²) in [5, 5.41) is 20.1.